The second-order valence-corrected chi connectivity index (χ2v) is 8.55. The standard InChI is InChI=1S/C24H17BrFN7O3/c1-11-6-7-29-24(32-11)36-17-5-3-13(9-16(17)26)33-20(14-4-2-12(27)8-15(14)23(34)35)18(25)19-21(33)22(28)31-10-30-19/h2-10H,27H2,1H3,(H,34,35)(H2,28,30,31). The van der Waals surface area contributed by atoms with Gasteiger partial charge in [-0.15, -0.1) is 0 Å². The molecule has 0 atom stereocenters. The summed E-state index contributed by atoms with van der Waals surface area (Å²) in [5.74, 6) is -1.86. The Morgan fingerprint density at radius 1 is 1.11 bits per heavy atom. The van der Waals surface area contributed by atoms with Gasteiger partial charge in [-0.3, -0.25) is 0 Å². The van der Waals surface area contributed by atoms with E-state index in [-0.39, 0.29) is 28.8 Å². The number of ether oxygens (including phenoxy) is 1. The van der Waals surface area contributed by atoms with E-state index in [1.807, 2.05) is 0 Å². The number of aromatic nitrogens is 5. The molecule has 0 spiro atoms. The van der Waals surface area contributed by atoms with Crippen LogP contribution in [0.2, 0.25) is 0 Å². The van der Waals surface area contributed by atoms with Gasteiger partial charge in [0, 0.05) is 34.9 Å². The number of rotatable bonds is 5. The first kappa shape index (κ1) is 23.2. The minimum atomic E-state index is -1.19. The monoisotopic (exact) mass is 549 g/mol. The van der Waals surface area contributed by atoms with Crippen molar-refractivity contribution in [3.63, 3.8) is 0 Å². The van der Waals surface area contributed by atoms with Crippen molar-refractivity contribution in [1.82, 2.24) is 24.5 Å². The van der Waals surface area contributed by atoms with Gasteiger partial charge in [0.05, 0.1) is 15.7 Å². The van der Waals surface area contributed by atoms with E-state index in [4.69, 9.17) is 16.2 Å². The molecular formula is C24H17BrFN7O3. The summed E-state index contributed by atoms with van der Waals surface area (Å²) in [6.45, 7) is 1.76. The predicted molar refractivity (Wildman–Crippen MR) is 135 cm³/mol. The van der Waals surface area contributed by atoms with E-state index < -0.39 is 11.8 Å². The zero-order chi connectivity index (χ0) is 25.6. The summed E-state index contributed by atoms with van der Waals surface area (Å²) in [6, 6.07) is 10.4. The van der Waals surface area contributed by atoms with Crippen molar-refractivity contribution >= 4 is 44.4 Å². The van der Waals surface area contributed by atoms with Crippen LogP contribution in [0.25, 0.3) is 28.0 Å². The summed E-state index contributed by atoms with van der Waals surface area (Å²) in [6.07, 6.45) is 2.80. The van der Waals surface area contributed by atoms with Gasteiger partial charge in [-0.1, -0.05) is 0 Å². The van der Waals surface area contributed by atoms with Crippen molar-refractivity contribution < 1.29 is 19.0 Å². The van der Waals surface area contributed by atoms with Gasteiger partial charge in [0.25, 0.3) is 0 Å². The number of aryl methyl sites for hydroxylation is 1. The third kappa shape index (κ3) is 3.96. The first-order chi connectivity index (χ1) is 17.2. The fourth-order valence-electron chi connectivity index (χ4n) is 3.82. The quantitative estimate of drug-likeness (QED) is 0.263. The number of carboxylic acids is 1. The molecule has 0 unspecified atom stereocenters. The number of nitrogens with two attached hydrogens (primary N) is 2. The van der Waals surface area contributed by atoms with Gasteiger partial charge in [-0.2, -0.15) is 0 Å². The summed E-state index contributed by atoms with van der Waals surface area (Å²) in [4.78, 5) is 28.6. The molecule has 12 heteroatoms. The third-order valence-corrected chi connectivity index (χ3v) is 6.14. The lowest BCUT2D eigenvalue weighted by Gasteiger charge is -2.15. The minimum absolute atomic E-state index is 0.00196. The Morgan fingerprint density at radius 2 is 1.92 bits per heavy atom. The fraction of sp³-hybridized carbons (Fsp3) is 0.0417. The zero-order valence-corrected chi connectivity index (χ0v) is 20.2. The normalized spacial score (nSPS) is 11.1. The maximum Gasteiger partial charge on any atom is 0.336 e. The number of fused-ring (bicyclic) bond motifs is 1. The van der Waals surface area contributed by atoms with Gasteiger partial charge in [0.15, 0.2) is 17.4 Å². The molecule has 0 aliphatic rings. The van der Waals surface area contributed by atoms with Crippen LogP contribution in [0.5, 0.6) is 11.8 Å². The summed E-state index contributed by atoms with van der Waals surface area (Å²) < 4.78 is 22.8. The van der Waals surface area contributed by atoms with Crippen LogP contribution in [0.1, 0.15) is 16.1 Å². The number of carboxylic acid groups (broad SMARTS) is 1. The second-order valence-electron chi connectivity index (χ2n) is 7.76. The van der Waals surface area contributed by atoms with E-state index in [0.29, 0.717) is 38.1 Å². The van der Waals surface area contributed by atoms with Gasteiger partial charge in [0.2, 0.25) is 0 Å². The Balaban J connectivity index is 1.74. The lowest BCUT2D eigenvalue weighted by Crippen LogP contribution is -2.06. The molecule has 36 heavy (non-hydrogen) atoms. The number of benzene rings is 2. The van der Waals surface area contributed by atoms with Crippen molar-refractivity contribution in [2.45, 2.75) is 6.92 Å². The largest absolute Gasteiger partial charge is 0.478 e. The molecule has 0 radical (unpaired) electrons. The highest BCUT2D eigenvalue weighted by Crippen LogP contribution is 2.42. The van der Waals surface area contributed by atoms with Crippen LogP contribution in [0.4, 0.5) is 15.9 Å². The van der Waals surface area contributed by atoms with Crippen LogP contribution in [-0.4, -0.2) is 35.6 Å². The number of carbonyl (C=O) groups is 1. The smallest absolute Gasteiger partial charge is 0.336 e. The molecule has 5 rings (SSSR count). The number of halogens is 2. The molecule has 0 aliphatic carbocycles. The summed E-state index contributed by atoms with van der Waals surface area (Å²) in [7, 11) is 0. The molecule has 180 valence electrons. The van der Waals surface area contributed by atoms with Crippen molar-refractivity contribution in [3.8, 4) is 28.7 Å². The topological polar surface area (TPSA) is 155 Å². The molecule has 0 amide bonds. The number of hydrogen-bond acceptors (Lipinski definition) is 8. The molecule has 0 aliphatic heterocycles. The van der Waals surface area contributed by atoms with E-state index in [1.54, 1.807) is 35.8 Å². The Bertz CT molecular complexity index is 1670. The Morgan fingerprint density at radius 3 is 2.64 bits per heavy atom. The van der Waals surface area contributed by atoms with E-state index >= 15 is 4.39 Å². The molecule has 3 heterocycles. The van der Waals surface area contributed by atoms with Crippen LogP contribution in [0.3, 0.4) is 0 Å². The number of hydrogen-bond donors (Lipinski definition) is 3. The summed E-state index contributed by atoms with van der Waals surface area (Å²) in [5.41, 5.74) is 14.7. The van der Waals surface area contributed by atoms with Crippen molar-refractivity contribution in [2.24, 2.45) is 0 Å². The van der Waals surface area contributed by atoms with Crippen molar-refractivity contribution in [1.29, 1.82) is 0 Å². The summed E-state index contributed by atoms with van der Waals surface area (Å²) in [5, 5.41) is 9.85. The minimum Gasteiger partial charge on any atom is -0.478 e. The molecule has 3 aromatic heterocycles. The van der Waals surface area contributed by atoms with Crippen LogP contribution in [-0.2, 0) is 0 Å². The zero-order valence-electron chi connectivity index (χ0n) is 18.6. The molecular weight excluding hydrogens is 533 g/mol. The molecule has 2 aromatic carbocycles. The van der Waals surface area contributed by atoms with Crippen LogP contribution in [0, 0.1) is 12.7 Å². The van der Waals surface area contributed by atoms with E-state index in [0.717, 1.165) is 0 Å². The maximum atomic E-state index is 15.2. The van der Waals surface area contributed by atoms with E-state index in [1.165, 1.54) is 30.7 Å². The molecule has 0 saturated heterocycles. The molecule has 5 aromatic rings. The molecule has 10 nitrogen and oxygen atoms in total. The second kappa shape index (κ2) is 8.89. The van der Waals surface area contributed by atoms with Gasteiger partial charge < -0.3 is 25.9 Å². The highest BCUT2D eigenvalue weighted by atomic mass is 79.9. The van der Waals surface area contributed by atoms with Crippen molar-refractivity contribution in [2.75, 3.05) is 11.5 Å². The van der Waals surface area contributed by atoms with Gasteiger partial charge in [-0.25, -0.2) is 29.1 Å². The Labute approximate surface area is 211 Å². The lowest BCUT2D eigenvalue weighted by atomic mass is 10.0. The van der Waals surface area contributed by atoms with Gasteiger partial charge >= 0.3 is 12.0 Å². The van der Waals surface area contributed by atoms with E-state index in [2.05, 4.69) is 35.9 Å². The average molecular weight is 550 g/mol. The number of nitrogens with zero attached hydrogens (tertiary/aromatic N) is 5. The highest BCUT2D eigenvalue weighted by Gasteiger charge is 2.26. The Kier molecular flexibility index (Phi) is 5.72. The Hall–Kier alpha value is -4.58. The highest BCUT2D eigenvalue weighted by molar-refractivity contribution is 9.10. The van der Waals surface area contributed by atoms with Crippen LogP contribution in [0.15, 0.2) is 59.5 Å². The molecule has 0 fully saturated rings. The first-order valence-corrected chi connectivity index (χ1v) is 11.2. The van der Waals surface area contributed by atoms with Crippen LogP contribution >= 0.6 is 15.9 Å². The average Bonchev–Trinajstić information content (AvgIpc) is 3.14. The molecule has 0 saturated carbocycles. The fourth-order valence-corrected chi connectivity index (χ4v) is 4.50. The maximum absolute atomic E-state index is 15.2. The first-order valence-electron chi connectivity index (χ1n) is 10.5. The third-order valence-electron chi connectivity index (χ3n) is 5.39. The predicted octanol–water partition coefficient (Wildman–Crippen LogP) is 4.74. The number of nitrogen functional groups attached to an aromatic ring is 2. The number of anilines is 2. The van der Waals surface area contributed by atoms with Gasteiger partial charge in [-0.05, 0) is 59.3 Å². The summed E-state index contributed by atoms with van der Waals surface area (Å²) >= 11 is 3.53. The molecule has 0 bridgehead atoms. The lowest BCUT2D eigenvalue weighted by molar-refractivity contribution is 0.0697. The van der Waals surface area contributed by atoms with E-state index in [9.17, 15) is 9.90 Å². The SMILES string of the molecule is Cc1ccnc(Oc2ccc(-n3c(-c4ccc(N)cc4C(=O)O)c(Br)c4ncnc(N)c43)cc2F)n1. The van der Waals surface area contributed by atoms with Crippen LogP contribution < -0.4 is 16.2 Å². The number of aromatic carboxylic acids is 1. The van der Waals surface area contributed by atoms with Gasteiger partial charge in [0.1, 0.15) is 17.4 Å². The van der Waals surface area contributed by atoms with Crippen molar-refractivity contribution in [3.05, 3.63) is 76.5 Å². The molecule has 5 N–H and O–H groups in total.